The zero-order valence-corrected chi connectivity index (χ0v) is 7.76. The van der Waals surface area contributed by atoms with Gasteiger partial charge in [-0.05, 0) is 27.2 Å². The molecule has 4 nitrogen and oxygen atoms in total. The fourth-order valence-electron chi connectivity index (χ4n) is 0.840. The SMILES string of the molecule is CC(C)(C)OC(=O)N[C@H]1C[C@H]1N. The second kappa shape index (κ2) is 2.94. The van der Waals surface area contributed by atoms with Gasteiger partial charge < -0.3 is 15.8 Å². The highest BCUT2D eigenvalue weighted by Gasteiger charge is 2.35. The molecule has 1 fully saturated rings. The summed E-state index contributed by atoms with van der Waals surface area (Å²) in [5, 5.41) is 2.67. The van der Waals surface area contributed by atoms with Crippen LogP contribution in [-0.2, 0) is 4.74 Å². The van der Waals surface area contributed by atoms with Gasteiger partial charge >= 0.3 is 6.09 Å². The first-order valence-corrected chi connectivity index (χ1v) is 4.13. The van der Waals surface area contributed by atoms with Crippen molar-refractivity contribution in [2.75, 3.05) is 0 Å². The van der Waals surface area contributed by atoms with Crippen LogP contribution >= 0.6 is 0 Å². The Morgan fingerprint density at radius 2 is 2.08 bits per heavy atom. The van der Waals surface area contributed by atoms with Crippen LogP contribution in [0, 0.1) is 0 Å². The minimum absolute atomic E-state index is 0.123. The molecule has 1 aliphatic rings. The fourth-order valence-corrected chi connectivity index (χ4v) is 0.840. The number of nitrogens with one attached hydrogen (secondary N) is 1. The van der Waals surface area contributed by atoms with Crippen molar-refractivity contribution in [3.05, 3.63) is 0 Å². The molecular formula is C8H16N2O2. The third kappa shape index (κ3) is 3.09. The van der Waals surface area contributed by atoms with E-state index in [2.05, 4.69) is 5.32 Å². The molecule has 1 rings (SSSR count). The maximum Gasteiger partial charge on any atom is 0.407 e. The van der Waals surface area contributed by atoms with E-state index in [4.69, 9.17) is 10.5 Å². The summed E-state index contributed by atoms with van der Waals surface area (Å²) in [4.78, 5) is 11.1. The van der Waals surface area contributed by atoms with Crippen LogP contribution in [0.5, 0.6) is 0 Å². The highest BCUT2D eigenvalue weighted by atomic mass is 16.6. The van der Waals surface area contributed by atoms with Gasteiger partial charge in [0.2, 0.25) is 0 Å². The molecule has 70 valence electrons. The van der Waals surface area contributed by atoms with Crippen LogP contribution in [0.2, 0.25) is 0 Å². The lowest BCUT2D eigenvalue weighted by molar-refractivity contribution is 0.0523. The third-order valence-electron chi connectivity index (χ3n) is 1.54. The van der Waals surface area contributed by atoms with Crippen molar-refractivity contribution < 1.29 is 9.53 Å². The Morgan fingerprint density at radius 3 is 2.42 bits per heavy atom. The first kappa shape index (κ1) is 9.32. The lowest BCUT2D eigenvalue weighted by Gasteiger charge is -2.19. The Hall–Kier alpha value is -0.770. The van der Waals surface area contributed by atoms with E-state index in [9.17, 15) is 4.79 Å². The van der Waals surface area contributed by atoms with Crippen molar-refractivity contribution in [3.8, 4) is 0 Å². The lowest BCUT2D eigenvalue weighted by Crippen LogP contribution is -2.35. The molecule has 0 bridgehead atoms. The van der Waals surface area contributed by atoms with E-state index < -0.39 is 5.60 Å². The number of carbonyl (C=O) groups is 1. The molecule has 0 aliphatic heterocycles. The van der Waals surface area contributed by atoms with Crippen molar-refractivity contribution in [3.63, 3.8) is 0 Å². The van der Waals surface area contributed by atoms with Gasteiger partial charge in [-0.15, -0.1) is 0 Å². The smallest absolute Gasteiger partial charge is 0.407 e. The van der Waals surface area contributed by atoms with E-state index in [-0.39, 0.29) is 18.2 Å². The first-order chi connectivity index (χ1) is 5.38. The zero-order valence-electron chi connectivity index (χ0n) is 7.76. The molecule has 0 radical (unpaired) electrons. The van der Waals surface area contributed by atoms with Crippen LogP contribution in [-0.4, -0.2) is 23.8 Å². The standard InChI is InChI=1S/C8H16N2O2/c1-8(2,3)12-7(11)10-6-4-5(6)9/h5-6H,4,9H2,1-3H3,(H,10,11)/t5-,6+/m1/s1. The average molecular weight is 172 g/mol. The van der Waals surface area contributed by atoms with Gasteiger partial charge in [0.05, 0.1) is 0 Å². The van der Waals surface area contributed by atoms with Gasteiger partial charge in [-0.25, -0.2) is 4.79 Å². The van der Waals surface area contributed by atoms with Gasteiger partial charge in [0.15, 0.2) is 0 Å². The van der Waals surface area contributed by atoms with Crippen LogP contribution in [0.15, 0.2) is 0 Å². The van der Waals surface area contributed by atoms with E-state index in [0.29, 0.717) is 0 Å². The number of rotatable bonds is 1. The van der Waals surface area contributed by atoms with E-state index in [1.165, 1.54) is 0 Å². The van der Waals surface area contributed by atoms with Crippen LogP contribution < -0.4 is 11.1 Å². The van der Waals surface area contributed by atoms with Crippen molar-refractivity contribution in [2.24, 2.45) is 5.73 Å². The summed E-state index contributed by atoms with van der Waals surface area (Å²) in [7, 11) is 0. The normalized spacial score (nSPS) is 28.0. The Morgan fingerprint density at radius 1 is 1.58 bits per heavy atom. The Kier molecular flexibility index (Phi) is 2.28. The van der Waals surface area contributed by atoms with Gasteiger partial charge in [-0.2, -0.15) is 0 Å². The van der Waals surface area contributed by atoms with Gasteiger partial charge in [-0.3, -0.25) is 0 Å². The molecule has 0 aromatic rings. The Bertz CT molecular complexity index is 186. The largest absolute Gasteiger partial charge is 0.444 e. The summed E-state index contributed by atoms with van der Waals surface area (Å²) >= 11 is 0. The third-order valence-corrected chi connectivity index (χ3v) is 1.54. The highest BCUT2D eigenvalue weighted by Crippen LogP contribution is 2.18. The second-order valence-electron chi connectivity index (χ2n) is 4.15. The summed E-state index contributed by atoms with van der Waals surface area (Å²) in [5.74, 6) is 0. The van der Waals surface area contributed by atoms with Crippen LogP contribution in [0.25, 0.3) is 0 Å². The number of amides is 1. The number of carbonyl (C=O) groups excluding carboxylic acids is 1. The van der Waals surface area contributed by atoms with Crippen LogP contribution in [0.3, 0.4) is 0 Å². The first-order valence-electron chi connectivity index (χ1n) is 4.13. The maximum absolute atomic E-state index is 11.1. The topological polar surface area (TPSA) is 64.3 Å². The lowest BCUT2D eigenvalue weighted by atomic mass is 10.2. The Balaban J connectivity index is 2.21. The zero-order chi connectivity index (χ0) is 9.35. The molecule has 4 heteroatoms. The van der Waals surface area contributed by atoms with Crippen molar-refractivity contribution in [1.29, 1.82) is 0 Å². The van der Waals surface area contributed by atoms with Crippen molar-refractivity contribution in [2.45, 2.75) is 44.9 Å². The highest BCUT2D eigenvalue weighted by molar-refractivity contribution is 5.68. The summed E-state index contributed by atoms with van der Waals surface area (Å²) in [6, 6.07) is 0.248. The van der Waals surface area contributed by atoms with E-state index in [0.717, 1.165) is 6.42 Å². The molecule has 12 heavy (non-hydrogen) atoms. The molecule has 1 aliphatic carbocycles. The van der Waals surface area contributed by atoms with Gasteiger partial charge in [0.25, 0.3) is 0 Å². The molecule has 0 aromatic carbocycles. The van der Waals surface area contributed by atoms with E-state index in [1.54, 1.807) is 0 Å². The second-order valence-corrected chi connectivity index (χ2v) is 4.15. The number of hydrogen-bond acceptors (Lipinski definition) is 3. The number of nitrogens with two attached hydrogens (primary N) is 1. The summed E-state index contributed by atoms with van der Waals surface area (Å²) in [6.07, 6.45) is 0.486. The minimum Gasteiger partial charge on any atom is -0.444 e. The fraction of sp³-hybridized carbons (Fsp3) is 0.875. The predicted molar refractivity (Wildman–Crippen MR) is 45.8 cm³/mol. The molecule has 2 atom stereocenters. The number of alkyl carbamates (subject to hydrolysis) is 1. The average Bonchev–Trinajstić information content (AvgIpc) is 2.40. The molecule has 0 unspecified atom stereocenters. The van der Waals surface area contributed by atoms with Crippen LogP contribution in [0.1, 0.15) is 27.2 Å². The Labute approximate surface area is 72.5 Å². The molecule has 0 spiro atoms. The van der Waals surface area contributed by atoms with E-state index in [1.807, 2.05) is 20.8 Å². The number of hydrogen-bond donors (Lipinski definition) is 2. The molecule has 0 heterocycles. The summed E-state index contributed by atoms with van der Waals surface area (Å²) in [6.45, 7) is 5.50. The molecule has 0 saturated heterocycles. The van der Waals surface area contributed by atoms with Crippen LogP contribution in [0.4, 0.5) is 4.79 Å². The quantitative estimate of drug-likeness (QED) is 0.609. The van der Waals surface area contributed by atoms with Crippen molar-refractivity contribution >= 4 is 6.09 Å². The predicted octanol–water partition coefficient (Wildman–Crippen LogP) is 0.611. The summed E-state index contributed by atoms with van der Waals surface area (Å²) in [5.41, 5.74) is 5.08. The van der Waals surface area contributed by atoms with E-state index >= 15 is 0 Å². The van der Waals surface area contributed by atoms with Crippen molar-refractivity contribution in [1.82, 2.24) is 5.32 Å². The molecule has 1 saturated carbocycles. The maximum atomic E-state index is 11.1. The van der Waals surface area contributed by atoms with Gasteiger partial charge in [0.1, 0.15) is 5.60 Å². The summed E-state index contributed by atoms with van der Waals surface area (Å²) < 4.78 is 5.03. The van der Waals surface area contributed by atoms with Gasteiger partial charge in [-0.1, -0.05) is 0 Å². The molecular weight excluding hydrogens is 156 g/mol. The molecule has 3 N–H and O–H groups in total. The number of ether oxygens (including phenoxy) is 1. The monoisotopic (exact) mass is 172 g/mol. The minimum atomic E-state index is -0.428. The molecule has 0 aromatic heterocycles. The molecule has 1 amide bonds. The van der Waals surface area contributed by atoms with Gasteiger partial charge in [0, 0.05) is 12.1 Å².